The Balaban J connectivity index is 2.06. The summed E-state index contributed by atoms with van der Waals surface area (Å²) in [5.41, 5.74) is 2.72. The second-order valence-electron chi connectivity index (χ2n) is 6.46. The molecule has 0 radical (unpaired) electrons. The van der Waals surface area contributed by atoms with E-state index in [0.717, 1.165) is 24.9 Å². The fourth-order valence-electron chi connectivity index (χ4n) is 2.27. The fourth-order valence-corrected chi connectivity index (χ4v) is 2.98. The zero-order chi connectivity index (χ0) is 15.3. The van der Waals surface area contributed by atoms with Crippen LogP contribution in [0.1, 0.15) is 31.2 Å². The lowest BCUT2D eigenvalue weighted by Crippen LogP contribution is -2.40. The van der Waals surface area contributed by atoms with E-state index in [1.165, 1.54) is 10.9 Å². The highest BCUT2D eigenvalue weighted by Crippen LogP contribution is 2.19. The number of aromatic nitrogens is 1. The van der Waals surface area contributed by atoms with Crippen molar-refractivity contribution in [2.45, 2.75) is 39.2 Å². The first-order valence-electron chi connectivity index (χ1n) is 7.30. The third kappa shape index (κ3) is 5.56. The average molecular weight is 306 g/mol. The minimum Gasteiger partial charge on any atom is -0.312 e. The van der Waals surface area contributed by atoms with Gasteiger partial charge in [-0.25, -0.2) is 4.39 Å². The molecule has 0 spiro atoms. The Bertz CT molecular complexity index is 546. The van der Waals surface area contributed by atoms with E-state index >= 15 is 0 Å². The van der Waals surface area contributed by atoms with Gasteiger partial charge in [-0.05, 0) is 57.7 Å². The summed E-state index contributed by atoms with van der Waals surface area (Å²) in [6.45, 7) is 7.33. The summed E-state index contributed by atoms with van der Waals surface area (Å²) in [7, 11) is 0. The van der Waals surface area contributed by atoms with Crippen LogP contribution in [-0.2, 0) is 12.8 Å². The summed E-state index contributed by atoms with van der Waals surface area (Å²) < 4.78 is 13.9. The minimum absolute atomic E-state index is 0.0706. The lowest BCUT2D eigenvalue weighted by atomic mass is 9.94. The van der Waals surface area contributed by atoms with Gasteiger partial charge in [-0.15, -0.1) is 11.3 Å². The van der Waals surface area contributed by atoms with Crippen molar-refractivity contribution in [2.75, 3.05) is 6.54 Å². The molecule has 0 aliphatic carbocycles. The lowest BCUT2D eigenvalue weighted by molar-refractivity contribution is 0.366. The Morgan fingerprint density at radius 2 is 2.00 bits per heavy atom. The van der Waals surface area contributed by atoms with Gasteiger partial charge in [0, 0.05) is 16.6 Å². The molecule has 2 nitrogen and oxygen atoms in total. The van der Waals surface area contributed by atoms with Gasteiger partial charge in [0.1, 0.15) is 5.82 Å². The van der Waals surface area contributed by atoms with Crippen LogP contribution in [0.3, 0.4) is 0 Å². The molecule has 0 amide bonds. The van der Waals surface area contributed by atoms with Gasteiger partial charge in [-0.1, -0.05) is 18.2 Å². The van der Waals surface area contributed by atoms with Gasteiger partial charge in [0.15, 0.2) is 0 Å². The number of hydrogen-bond acceptors (Lipinski definition) is 3. The number of halogens is 1. The third-order valence-electron chi connectivity index (χ3n) is 3.36. The average Bonchev–Trinajstić information content (AvgIpc) is 2.90. The lowest BCUT2D eigenvalue weighted by Gasteiger charge is -2.25. The summed E-state index contributed by atoms with van der Waals surface area (Å²) in [5, 5.41) is 3.54. The van der Waals surface area contributed by atoms with Gasteiger partial charge in [0.2, 0.25) is 0 Å². The van der Waals surface area contributed by atoms with Crippen molar-refractivity contribution >= 4 is 11.3 Å². The summed E-state index contributed by atoms with van der Waals surface area (Å²) in [6.07, 6.45) is 3.59. The molecule has 0 aliphatic rings. The molecule has 21 heavy (non-hydrogen) atoms. The predicted molar refractivity (Wildman–Crippen MR) is 87.2 cm³/mol. The van der Waals surface area contributed by atoms with E-state index in [1.807, 2.05) is 23.8 Å². The summed E-state index contributed by atoms with van der Waals surface area (Å²) in [4.78, 5) is 5.39. The minimum atomic E-state index is -0.109. The van der Waals surface area contributed by atoms with E-state index in [1.54, 1.807) is 17.4 Å². The molecule has 2 aromatic rings. The maximum Gasteiger partial charge on any atom is 0.126 e. The van der Waals surface area contributed by atoms with E-state index in [2.05, 4.69) is 31.1 Å². The van der Waals surface area contributed by atoms with Crippen molar-refractivity contribution in [2.24, 2.45) is 5.92 Å². The Hall–Kier alpha value is -1.26. The summed E-state index contributed by atoms with van der Waals surface area (Å²) in [6, 6.07) is 7.06. The van der Waals surface area contributed by atoms with Gasteiger partial charge in [0.05, 0.1) is 5.51 Å². The fraction of sp³-hybridized carbons (Fsp3) is 0.471. The predicted octanol–water partition coefficient (Wildman–Crippen LogP) is 4.07. The zero-order valence-electron chi connectivity index (χ0n) is 12.9. The molecular weight excluding hydrogens is 283 g/mol. The normalized spacial score (nSPS) is 13.3. The Morgan fingerprint density at radius 1 is 1.24 bits per heavy atom. The van der Waals surface area contributed by atoms with E-state index in [4.69, 9.17) is 0 Å². The molecule has 0 saturated heterocycles. The second kappa shape index (κ2) is 7.14. The smallest absolute Gasteiger partial charge is 0.126 e. The molecule has 1 atom stereocenters. The number of thiazole rings is 1. The first-order chi connectivity index (χ1) is 9.94. The van der Waals surface area contributed by atoms with Crippen molar-refractivity contribution in [3.05, 3.63) is 52.2 Å². The highest BCUT2D eigenvalue weighted by molar-refractivity contribution is 7.09. The number of nitrogens with one attached hydrogen (secondary N) is 1. The van der Waals surface area contributed by atoms with Gasteiger partial charge in [-0.2, -0.15) is 0 Å². The highest BCUT2D eigenvalue weighted by atomic mass is 32.1. The van der Waals surface area contributed by atoms with Crippen LogP contribution in [0.2, 0.25) is 0 Å². The molecule has 0 fully saturated rings. The van der Waals surface area contributed by atoms with Crippen LogP contribution in [0.4, 0.5) is 4.39 Å². The van der Waals surface area contributed by atoms with Crippen LogP contribution in [0, 0.1) is 11.7 Å². The largest absolute Gasteiger partial charge is 0.312 e. The maximum absolute atomic E-state index is 13.9. The molecule has 0 aliphatic heterocycles. The topological polar surface area (TPSA) is 24.9 Å². The number of benzene rings is 1. The van der Waals surface area contributed by atoms with E-state index in [-0.39, 0.29) is 11.4 Å². The molecule has 0 saturated carbocycles. The van der Waals surface area contributed by atoms with Crippen LogP contribution in [0.15, 0.2) is 36.0 Å². The number of rotatable bonds is 6. The molecular formula is C17H23FN2S. The molecule has 1 heterocycles. The summed E-state index contributed by atoms with van der Waals surface area (Å²) in [5.74, 6) is 0.254. The highest BCUT2D eigenvalue weighted by Gasteiger charge is 2.17. The van der Waals surface area contributed by atoms with Gasteiger partial charge >= 0.3 is 0 Å². The first-order valence-corrected chi connectivity index (χ1v) is 8.18. The van der Waals surface area contributed by atoms with Crippen LogP contribution in [0.5, 0.6) is 0 Å². The van der Waals surface area contributed by atoms with Crippen LogP contribution in [0.25, 0.3) is 0 Å². The van der Waals surface area contributed by atoms with Crippen LogP contribution < -0.4 is 5.32 Å². The quantitative estimate of drug-likeness (QED) is 0.870. The van der Waals surface area contributed by atoms with E-state index < -0.39 is 0 Å². The maximum atomic E-state index is 13.9. The van der Waals surface area contributed by atoms with E-state index in [0.29, 0.717) is 5.92 Å². The van der Waals surface area contributed by atoms with Crippen molar-refractivity contribution in [1.82, 2.24) is 10.3 Å². The van der Waals surface area contributed by atoms with E-state index in [9.17, 15) is 4.39 Å². The van der Waals surface area contributed by atoms with Crippen molar-refractivity contribution in [3.63, 3.8) is 0 Å². The van der Waals surface area contributed by atoms with Crippen molar-refractivity contribution < 1.29 is 4.39 Å². The van der Waals surface area contributed by atoms with Gasteiger partial charge in [-0.3, -0.25) is 4.98 Å². The van der Waals surface area contributed by atoms with Crippen molar-refractivity contribution in [3.8, 4) is 0 Å². The Kier molecular flexibility index (Phi) is 5.48. The number of nitrogens with zero attached hydrogens (tertiary/aromatic N) is 1. The Morgan fingerprint density at radius 3 is 2.62 bits per heavy atom. The monoisotopic (exact) mass is 306 g/mol. The second-order valence-corrected chi connectivity index (χ2v) is 7.44. The molecule has 1 unspecified atom stereocenters. The molecule has 1 aromatic carbocycles. The SMILES string of the molecule is CC(C)(C)NCC(Cc1cncs1)Cc1ccccc1F. The third-order valence-corrected chi connectivity index (χ3v) is 4.16. The molecule has 1 N–H and O–H groups in total. The molecule has 4 heteroatoms. The Labute approximate surface area is 130 Å². The molecule has 2 rings (SSSR count). The molecule has 114 valence electrons. The zero-order valence-corrected chi connectivity index (χ0v) is 13.7. The standard InChI is InChI=1S/C17H23FN2S/c1-17(2,3)20-10-13(9-15-11-19-12-21-15)8-14-6-4-5-7-16(14)18/h4-7,11-13,20H,8-10H2,1-3H3. The molecule has 1 aromatic heterocycles. The summed E-state index contributed by atoms with van der Waals surface area (Å²) >= 11 is 1.67. The van der Waals surface area contributed by atoms with Crippen LogP contribution >= 0.6 is 11.3 Å². The van der Waals surface area contributed by atoms with Crippen molar-refractivity contribution in [1.29, 1.82) is 0 Å². The first kappa shape index (κ1) is 16.1. The van der Waals surface area contributed by atoms with Crippen LogP contribution in [-0.4, -0.2) is 17.1 Å². The van der Waals surface area contributed by atoms with Gasteiger partial charge in [0.25, 0.3) is 0 Å². The number of hydrogen-bond donors (Lipinski definition) is 1. The van der Waals surface area contributed by atoms with Gasteiger partial charge < -0.3 is 5.32 Å². The molecule has 0 bridgehead atoms.